The van der Waals surface area contributed by atoms with E-state index >= 15 is 0 Å². The third kappa shape index (κ3) is 5.61. The highest BCUT2D eigenvalue weighted by Crippen LogP contribution is 2.15. The molecule has 0 unspecified atom stereocenters. The summed E-state index contributed by atoms with van der Waals surface area (Å²) in [5.41, 5.74) is 6.98. The van der Waals surface area contributed by atoms with Crippen molar-refractivity contribution in [2.45, 2.75) is 51.3 Å². The van der Waals surface area contributed by atoms with Gasteiger partial charge in [-0.3, -0.25) is 9.78 Å². The topological polar surface area (TPSA) is 88.2 Å². The van der Waals surface area contributed by atoms with Crippen LogP contribution in [0.25, 0.3) is 0 Å². The lowest BCUT2D eigenvalue weighted by Gasteiger charge is -2.23. The number of aliphatic hydroxyl groups is 1. The molecule has 5 nitrogen and oxygen atoms in total. The number of aliphatic hydroxyl groups excluding tert-OH is 1. The number of carbonyl (C=O) groups excluding carboxylic acids is 1. The van der Waals surface area contributed by atoms with E-state index in [9.17, 15) is 14.3 Å². The molecule has 2 atom stereocenters. The Bertz CT molecular complexity index is 759. The van der Waals surface area contributed by atoms with Crippen LogP contribution in [0.4, 0.5) is 4.39 Å². The van der Waals surface area contributed by atoms with Crippen molar-refractivity contribution in [3.63, 3.8) is 0 Å². The Morgan fingerprint density at radius 1 is 1.23 bits per heavy atom. The molecule has 0 spiro atoms. The van der Waals surface area contributed by atoms with Crippen LogP contribution in [0, 0.1) is 5.82 Å². The molecule has 1 aromatic heterocycles. The van der Waals surface area contributed by atoms with E-state index in [-0.39, 0.29) is 30.1 Å². The Kier molecular flexibility index (Phi) is 6.45. The van der Waals surface area contributed by atoms with Gasteiger partial charge in [0, 0.05) is 24.2 Å². The minimum Gasteiger partial charge on any atom is -0.391 e. The molecule has 0 radical (unpaired) electrons. The van der Waals surface area contributed by atoms with Gasteiger partial charge in [0.25, 0.3) is 5.91 Å². The lowest BCUT2D eigenvalue weighted by molar-refractivity contribution is 0.0916. The third-order valence-corrected chi connectivity index (χ3v) is 3.93. The maximum atomic E-state index is 13.8. The summed E-state index contributed by atoms with van der Waals surface area (Å²) < 4.78 is 13.8. The quantitative estimate of drug-likeness (QED) is 0.738. The summed E-state index contributed by atoms with van der Waals surface area (Å²) in [6.07, 6.45) is 0.928. The number of halogens is 1. The Morgan fingerprint density at radius 2 is 1.92 bits per heavy atom. The summed E-state index contributed by atoms with van der Waals surface area (Å²) in [4.78, 5) is 16.7. The summed E-state index contributed by atoms with van der Waals surface area (Å²) >= 11 is 0. The number of hydrogen-bond acceptors (Lipinski definition) is 4. The van der Waals surface area contributed by atoms with Gasteiger partial charge in [-0.15, -0.1) is 0 Å². The number of carbonyl (C=O) groups is 1. The van der Waals surface area contributed by atoms with E-state index in [0.717, 1.165) is 0 Å². The summed E-state index contributed by atoms with van der Waals surface area (Å²) in [6, 6.07) is 9.01. The van der Waals surface area contributed by atoms with Crippen LogP contribution in [-0.4, -0.2) is 33.7 Å². The average molecular weight is 359 g/mol. The van der Waals surface area contributed by atoms with Gasteiger partial charge in [-0.05, 0) is 51.0 Å². The van der Waals surface area contributed by atoms with Crippen molar-refractivity contribution in [3.8, 4) is 0 Å². The molecule has 6 heteroatoms. The second-order valence-electron chi connectivity index (χ2n) is 7.43. The fourth-order valence-electron chi connectivity index (χ4n) is 2.62. The van der Waals surface area contributed by atoms with E-state index in [1.54, 1.807) is 36.5 Å². The van der Waals surface area contributed by atoms with Gasteiger partial charge in [-0.25, -0.2) is 4.39 Å². The minimum atomic E-state index is -0.953. The maximum Gasteiger partial charge on any atom is 0.253 e. The molecule has 140 valence electrons. The monoisotopic (exact) mass is 359 g/mol. The van der Waals surface area contributed by atoms with E-state index in [0.29, 0.717) is 16.8 Å². The average Bonchev–Trinajstić information content (AvgIpc) is 2.55. The molecule has 0 aliphatic carbocycles. The number of nitrogens with two attached hydrogens (primary N) is 1. The zero-order chi connectivity index (χ0) is 19.3. The summed E-state index contributed by atoms with van der Waals surface area (Å²) in [6.45, 7) is 5.67. The Balaban J connectivity index is 2.10. The van der Waals surface area contributed by atoms with E-state index < -0.39 is 12.1 Å². The first kappa shape index (κ1) is 20.0. The Morgan fingerprint density at radius 3 is 2.58 bits per heavy atom. The van der Waals surface area contributed by atoms with Crippen LogP contribution in [0.1, 0.15) is 42.4 Å². The first-order valence-corrected chi connectivity index (χ1v) is 8.61. The smallest absolute Gasteiger partial charge is 0.253 e. The van der Waals surface area contributed by atoms with Crippen LogP contribution in [0.15, 0.2) is 42.6 Å². The van der Waals surface area contributed by atoms with E-state index in [1.807, 2.05) is 20.8 Å². The van der Waals surface area contributed by atoms with Crippen molar-refractivity contribution in [3.05, 3.63) is 65.2 Å². The van der Waals surface area contributed by atoms with Gasteiger partial charge in [-0.2, -0.15) is 0 Å². The van der Waals surface area contributed by atoms with Crippen molar-refractivity contribution in [2.24, 2.45) is 5.73 Å². The molecular formula is C20H26FN3O2. The van der Waals surface area contributed by atoms with Crippen molar-refractivity contribution in [1.29, 1.82) is 0 Å². The maximum absolute atomic E-state index is 13.8. The van der Waals surface area contributed by atoms with Crippen molar-refractivity contribution < 1.29 is 14.3 Å². The van der Waals surface area contributed by atoms with Crippen LogP contribution in [-0.2, 0) is 12.8 Å². The molecule has 0 aliphatic rings. The van der Waals surface area contributed by atoms with Crippen LogP contribution in [0.2, 0.25) is 0 Å². The molecule has 2 rings (SSSR count). The second kappa shape index (κ2) is 8.38. The van der Waals surface area contributed by atoms with Crippen molar-refractivity contribution in [2.75, 3.05) is 0 Å². The second-order valence-corrected chi connectivity index (χ2v) is 7.43. The molecule has 4 N–H and O–H groups in total. The SMILES string of the molecule is CC(C)(C)NC(=O)c1cccnc1C[C@H](O)[C@H](N)Cc1ccccc1F. The van der Waals surface area contributed by atoms with Gasteiger partial charge in [0.2, 0.25) is 0 Å². The molecular weight excluding hydrogens is 333 g/mol. The van der Waals surface area contributed by atoms with Crippen LogP contribution in [0.3, 0.4) is 0 Å². The number of benzene rings is 1. The molecule has 26 heavy (non-hydrogen) atoms. The van der Waals surface area contributed by atoms with Gasteiger partial charge in [0.1, 0.15) is 5.82 Å². The number of hydrogen-bond donors (Lipinski definition) is 3. The summed E-state index contributed by atoms with van der Waals surface area (Å²) in [7, 11) is 0. The number of pyridine rings is 1. The normalized spacial score (nSPS) is 13.9. The lowest BCUT2D eigenvalue weighted by atomic mass is 9.96. The number of aromatic nitrogens is 1. The fourth-order valence-corrected chi connectivity index (χ4v) is 2.62. The molecule has 0 saturated carbocycles. The van der Waals surface area contributed by atoms with E-state index in [1.165, 1.54) is 6.07 Å². The van der Waals surface area contributed by atoms with E-state index in [2.05, 4.69) is 10.3 Å². The standard InChI is InChI=1S/C20H26FN3O2/c1-20(2,3)24-19(26)14-8-6-10-23-17(14)12-18(25)16(22)11-13-7-4-5-9-15(13)21/h4-10,16,18,25H,11-12,22H2,1-3H3,(H,24,26)/t16-,18+/m1/s1. The van der Waals surface area contributed by atoms with Crippen LogP contribution >= 0.6 is 0 Å². The van der Waals surface area contributed by atoms with Gasteiger partial charge < -0.3 is 16.2 Å². The molecule has 1 aromatic carbocycles. The van der Waals surface area contributed by atoms with Gasteiger partial charge >= 0.3 is 0 Å². The predicted molar refractivity (Wildman–Crippen MR) is 99.2 cm³/mol. The molecule has 0 fully saturated rings. The third-order valence-electron chi connectivity index (χ3n) is 3.93. The number of nitrogens with one attached hydrogen (secondary N) is 1. The van der Waals surface area contributed by atoms with E-state index in [4.69, 9.17) is 5.73 Å². The van der Waals surface area contributed by atoms with Gasteiger partial charge in [-0.1, -0.05) is 18.2 Å². The van der Waals surface area contributed by atoms with Crippen molar-refractivity contribution >= 4 is 5.91 Å². The van der Waals surface area contributed by atoms with Crippen LogP contribution in [0.5, 0.6) is 0 Å². The highest BCUT2D eigenvalue weighted by Gasteiger charge is 2.23. The fraction of sp³-hybridized carbons (Fsp3) is 0.400. The predicted octanol–water partition coefficient (Wildman–Crippen LogP) is 2.22. The minimum absolute atomic E-state index is 0.114. The van der Waals surface area contributed by atoms with Crippen LogP contribution < -0.4 is 11.1 Å². The molecule has 0 aliphatic heterocycles. The van der Waals surface area contributed by atoms with Crippen molar-refractivity contribution in [1.82, 2.24) is 10.3 Å². The molecule has 1 amide bonds. The van der Waals surface area contributed by atoms with Gasteiger partial charge in [0.15, 0.2) is 0 Å². The Hall–Kier alpha value is -2.31. The molecule has 1 heterocycles. The first-order valence-electron chi connectivity index (χ1n) is 8.61. The molecule has 2 aromatic rings. The molecule has 0 saturated heterocycles. The zero-order valence-corrected chi connectivity index (χ0v) is 15.4. The summed E-state index contributed by atoms with van der Waals surface area (Å²) in [5, 5.41) is 13.3. The number of rotatable bonds is 6. The number of amides is 1. The zero-order valence-electron chi connectivity index (χ0n) is 15.4. The lowest BCUT2D eigenvalue weighted by Crippen LogP contribution is -2.42. The highest BCUT2D eigenvalue weighted by molar-refractivity contribution is 5.95. The molecule has 0 bridgehead atoms. The Labute approximate surface area is 153 Å². The largest absolute Gasteiger partial charge is 0.391 e. The first-order chi connectivity index (χ1) is 12.2. The highest BCUT2D eigenvalue weighted by atomic mass is 19.1. The summed E-state index contributed by atoms with van der Waals surface area (Å²) in [5.74, 6) is -0.603. The van der Waals surface area contributed by atoms with Gasteiger partial charge in [0.05, 0.1) is 17.4 Å². The number of nitrogens with zero attached hydrogens (tertiary/aromatic N) is 1.